The molecule has 0 saturated carbocycles. The molecular formula is C14H17FN2S. The standard InChI is InChI=1S/C14H17FN2S/c1-10-6-12(15)8-13(7-10)17-14(9-16)4-3-5-18-11(14)2/h6-8,11,17H,3-5H2,1-2H3. The number of halogens is 1. The van der Waals surface area contributed by atoms with Gasteiger partial charge in [-0.2, -0.15) is 17.0 Å². The molecule has 0 spiro atoms. The molecule has 0 aromatic heterocycles. The number of thioether (sulfide) groups is 1. The van der Waals surface area contributed by atoms with Crippen LogP contribution in [0, 0.1) is 24.1 Å². The van der Waals surface area contributed by atoms with Crippen molar-refractivity contribution in [3.05, 3.63) is 29.6 Å². The van der Waals surface area contributed by atoms with Crippen LogP contribution < -0.4 is 5.32 Å². The van der Waals surface area contributed by atoms with Crippen molar-refractivity contribution in [2.75, 3.05) is 11.1 Å². The summed E-state index contributed by atoms with van der Waals surface area (Å²) in [7, 11) is 0. The van der Waals surface area contributed by atoms with E-state index < -0.39 is 5.54 Å². The molecule has 2 rings (SSSR count). The largest absolute Gasteiger partial charge is 0.366 e. The van der Waals surface area contributed by atoms with E-state index in [2.05, 4.69) is 18.3 Å². The zero-order valence-electron chi connectivity index (χ0n) is 10.7. The lowest BCUT2D eigenvalue weighted by atomic mass is 9.90. The van der Waals surface area contributed by atoms with E-state index in [0.29, 0.717) is 5.69 Å². The Morgan fingerprint density at radius 3 is 2.89 bits per heavy atom. The molecular weight excluding hydrogens is 247 g/mol. The van der Waals surface area contributed by atoms with Gasteiger partial charge < -0.3 is 5.32 Å². The zero-order chi connectivity index (χ0) is 13.2. The molecule has 1 aliphatic rings. The summed E-state index contributed by atoms with van der Waals surface area (Å²) in [4.78, 5) is 0. The summed E-state index contributed by atoms with van der Waals surface area (Å²) in [6.07, 6.45) is 1.83. The molecule has 1 heterocycles. The number of nitrogens with one attached hydrogen (secondary N) is 1. The summed E-state index contributed by atoms with van der Waals surface area (Å²) in [5, 5.41) is 13.0. The molecule has 2 unspecified atom stereocenters. The van der Waals surface area contributed by atoms with Crippen molar-refractivity contribution in [2.45, 2.75) is 37.5 Å². The Morgan fingerprint density at radius 2 is 2.28 bits per heavy atom. The van der Waals surface area contributed by atoms with E-state index in [4.69, 9.17) is 0 Å². The first kappa shape index (κ1) is 13.2. The van der Waals surface area contributed by atoms with Gasteiger partial charge in [0.1, 0.15) is 11.4 Å². The molecule has 1 aliphatic heterocycles. The fourth-order valence-electron chi connectivity index (χ4n) is 2.36. The molecule has 0 aliphatic carbocycles. The Bertz CT molecular complexity index is 463. The topological polar surface area (TPSA) is 35.8 Å². The molecule has 0 amide bonds. The van der Waals surface area contributed by atoms with Crippen LogP contribution in [0.1, 0.15) is 25.3 Å². The van der Waals surface area contributed by atoms with E-state index in [-0.39, 0.29) is 11.1 Å². The molecule has 4 heteroatoms. The molecule has 18 heavy (non-hydrogen) atoms. The number of nitrogens with zero attached hydrogens (tertiary/aromatic N) is 1. The van der Waals surface area contributed by atoms with E-state index in [1.54, 1.807) is 11.8 Å². The van der Waals surface area contributed by atoms with Crippen LogP contribution in [0.3, 0.4) is 0 Å². The summed E-state index contributed by atoms with van der Waals surface area (Å²) in [5.74, 6) is 0.829. The van der Waals surface area contributed by atoms with E-state index >= 15 is 0 Å². The van der Waals surface area contributed by atoms with Gasteiger partial charge in [0.2, 0.25) is 0 Å². The van der Waals surface area contributed by atoms with Crippen LogP contribution in [0.4, 0.5) is 10.1 Å². The molecule has 1 aromatic rings. The molecule has 1 aromatic carbocycles. The molecule has 2 nitrogen and oxygen atoms in total. The van der Waals surface area contributed by atoms with Crippen molar-refractivity contribution in [3.63, 3.8) is 0 Å². The lowest BCUT2D eigenvalue weighted by molar-refractivity contribution is 0.512. The Hall–Kier alpha value is -1.21. The number of anilines is 1. The molecule has 2 atom stereocenters. The molecule has 1 saturated heterocycles. The minimum absolute atomic E-state index is 0.208. The quantitative estimate of drug-likeness (QED) is 0.884. The second-order valence-electron chi connectivity index (χ2n) is 4.84. The van der Waals surface area contributed by atoms with Crippen molar-refractivity contribution >= 4 is 17.4 Å². The minimum atomic E-state index is -0.580. The number of hydrogen-bond donors (Lipinski definition) is 1. The predicted molar refractivity (Wildman–Crippen MR) is 74.3 cm³/mol. The van der Waals surface area contributed by atoms with E-state index in [9.17, 15) is 9.65 Å². The van der Waals surface area contributed by atoms with Gasteiger partial charge in [-0.05, 0) is 56.2 Å². The van der Waals surface area contributed by atoms with Crippen molar-refractivity contribution in [2.24, 2.45) is 0 Å². The highest BCUT2D eigenvalue weighted by Gasteiger charge is 2.39. The van der Waals surface area contributed by atoms with Crippen LogP contribution in [0.25, 0.3) is 0 Å². The lowest BCUT2D eigenvalue weighted by Gasteiger charge is -2.37. The van der Waals surface area contributed by atoms with E-state index in [0.717, 1.165) is 24.2 Å². The molecule has 0 radical (unpaired) electrons. The summed E-state index contributed by atoms with van der Waals surface area (Å²) < 4.78 is 13.4. The SMILES string of the molecule is Cc1cc(F)cc(NC2(C#N)CCCSC2C)c1. The predicted octanol–water partition coefficient (Wildman–Crippen LogP) is 3.72. The fraction of sp³-hybridized carbons (Fsp3) is 0.500. The molecule has 1 fully saturated rings. The first-order valence-electron chi connectivity index (χ1n) is 6.14. The van der Waals surface area contributed by atoms with Crippen molar-refractivity contribution in [1.29, 1.82) is 5.26 Å². The first-order valence-corrected chi connectivity index (χ1v) is 7.19. The average Bonchev–Trinajstić information content (AvgIpc) is 2.31. The van der Waals surface area contributed by atoms with Gasteiger partial charge in [0.15, 0.2) is 0 Å². The van der Waals surface area contributed by atoms with Gasteiger partial charge >= 0.3 is 0 Å². The molecule has 96 valence electrons. The monoisotopic (exact) mass is 264 g/mol. The van der Waals surface area contributed by atoms with Crippen LogP contribution in [-0.2, 0) is 0 Å². The third-order valence-electron chi connectivity index (χ3n) is 3.39. The number of rotatable bonds is 2. The van der Waals surface area contributed by atoms with Gasteiger partial charge in [-0.15, -0.1) is 0 Å². The van der Waals surface area contributed by atoms with Crippen LogP contribution in [0.5, 0.6) is 0 Å². The minimum Gasteiger partial charge on any atom is -0.366 e. The van der Waals surface area contributed by atoms with E-state index in [1.165, 1.54) is 12.1 Å². The smallest absolute Gasteiger partial charge is 0.137 e. The van der Waals surface area contributed by atoms with Gasteiger partial charge in [0.25, 0.3) is 0 Å². The van der Waals surface area contributed by atoms with Gasteiger partial charge in [0, 0.05) is 10.9 Å². The maximum absolute atomic E-state index is 13.4. The van der Waals surface area contributed by atoms with Crippen LogP contribution >= 0.6 is 11.8 Å². The number of benzene rings is 1. The van der Waals surface area contributed by atoms with Crippen molar-refractivity contribution < 1.29 is 4.39 Å². The Morgan fingerprint density at radius 1 is 1.50 bits per heavy atom. The summed E-state index contributed by atoms with van der Waals surface area (Å²) in [6.45, 7) is 3.92. The Balaban J connectivity index is 2.27. The van der Waals surface area contributed by atoms with Gasteiger partial charge in [0.05, 0.1) is 6.07 Å². The molecule has 1 N–H and O–H groups in total. The average molecular weight is 264 g/mol. The van der Waals surface area contributed by atoms with Crippen LogP contribution in [0.2, 0.25) is 0 Å². The zero-order valence-corrected chi connectivity index (χ0v) is 11.5. The third-order valence-corrected chi connectivity index (χ3v) is 4.81. The second kappa shape index (κ2) is 5.19. The van der Waals surface area contributed by atoms with E-state index in [1.807, 2.05) is 13.0 Å². The summed E-state index contributed by atoms with van der Waals surface area (Å²) >= 11 is 1.80. The Labute approximate surface area is 112 Å². The number of aryl methyl sites for hydroxylation is 1. The third kappa shape index (κ3) is 2.62. The van der Waals surface area contributed by atoms with Gasteiger partial charge in [-0.3, -0.25) is 0 Å². The summed E-state index contributed by atoms with van der Waals surface area (Å²) in [5.41, 5.74) is 0.980. The Kier molecular flexibility index (Phi) is 3.82. The highest BCUT2D eigenvalue weighted by molar-refractivity contribution is 8.00. The lowest BCUT2D eigenvalue weighted by Crippen LogP contribution is -2.47. The highest BCUT2D eigenvalue weighted by Crippen LogP contribution is 2.36. The number of nitriles is 1. The highest BCUT2D eigenvalue weighted by atomic mass is 32.2. The maximum atomic E-state index is 13.4. The maximum Gasteiger partial charge on any atom is 0.137 e. The number of hydrogen-bond acceptors (Lipinski definition) is 3. The van der Waals surface area contributed by atoms with Crippen molar-refractivity contribution in [3.8, 4) is 6.07 Å². The van der Waals surface area contributed by atoms with Crippen LogP contribution in [0.15, 0.2) is 18.2 Å². The second-order valence-corrected chi connectivity index (χ2v) is 6.29. The van der Waals surface area contributed by atoms with Crippen LogP contribution in [-0.4, -0.2) is 16.5 Å². The van der Waals surface area contributed by atoms with Crippen molar-refractivity contribution in [1.82, 2.24) is 0 Å². The summed E-state index contributed by atoms with van der Waals surface area (Å²) in [6, 6.07) is 7.23. The van der Waals surface area contributed by atoms with Gasteiger partial charge in [-0.1, -0.05) is 0 Å². The van der Waals surface area contributed by atoms with Gasteiger partial charge in [-0.25, -0.2) is 4.39 Å². The first-order chi connectivity index (χ1) is 8.55. The normalized spacial score (nSPS) is 27.6. The molecule has 0 bridgehead atoms. The fourth-order valence-corrected chi connectivity index (χ4v) is 3.54.